The van der Waals surface area contributed by atoms with Crippen LogP contribution in [0.3, 0.4) is 0 Å². The van der Waals surface area contributed by atoms with E-state index in [9.17, 15) is 17.6 Å². The maximum absolute atomic E-state index is 13.2. The van der Waals surface area contributed by atoms with Crippen molar-refractivity contribution in [1.82, 2.24) is 4.72 Å². The smallest absolute Gasteiger partial charge is 0.255 e. The molecule has 1 amide bonds. The van der Waals surface area contributed by atoms with Crippen molar-refractivity contribution < 1.29 is 17.6 Å². The number of nitrogens with one attached hydrogen (secondary N) is 2. The molecule has 0 aliphatic rings. The lowest BCUT2D eigenvalue weighted by atomic mass is 10.0. The first-order chi connectivity index (χ1) is 12.2. The summed E-state index contributed by atoms with van der Waals surface area (Å²) >= 11 is 0. The molecular weight excluding hydrogens is 355 g/mol. The van der Waals surface area contributed by atoms with Gasteiger partial charge in [-0.25, -0.2) is 17.5 Å². The largest absolute Gasteiger partial charge is 0.322 e. The van der Waals surface area contributed by atoms with Gasteiger partial charge in [0.25, 0.3) is 5.91 Å². The van der Waals surface area contributed by atoms with Crippen LogP contribution >= 0.6 is 0 Å². The first kappa shape index (κ1) is 20.1. The molecule has 2 rings (SSSR count). The summed E-state index contributed by atoms with van der Waals surface area (Å²) in [5.41, 5.74) is 1.77. The zero-order valence-corrected chi connectivity index (χ0v) is 15.8. The van der Waals surface area contributed by atoms with E-state index in [1.165, 1.54) is 24.3 Å². The van der Waals surface area contributed by atoms with Gasteiger partial charge in [-0.3, -0.25) is 4.79 Å². The zero-order valence-electron chi connectivity index (χ0n) is 15.0. The van der Waals surface area contributed by atoms with E-state index in [4.69, 9.17) is 0 Å². The molecule has 26 heavy (non-hydrogen) atoms. The van der Waals surface area contributed by atoms with Crippen LogP contribution in [0, 0.1) is 5.82 Å². The van der Waals surface area contributed by atoms with E-state index in [1.54, 1.807) is 26.0 Å². The molecule has 0 radical (unpaired) electrons. The number of sulfonamides is 1. The average molecular weight is 378 g/mol. The molecule has 0 heterocycles. The first-order valence-corrected chi connectivity index (χ1v) is 9.89. The van der Waals surface area contributed by atoms with Crippen LogP contribution in [0.4, 0.5) is 10.1 Å². The standard InChI is InChI=1S/C19H23FN2O3S/c1-13(2)26(24,25)21-12-14(3)15-7-9-18(10-8-15)22-19(23)16-5-4-6-17(20)11-16/h4-11,13-14,21H,12H2,1-3H3,(H,22,23). The molecule has 140 valence electrons. The van der Waals surface area contributed by atoms with Gasteiger partial charge in [-0.1, -0.05) is 25.1 Å². The summed E-state index contributed by atoms with van der Waals surface area (Å²) in [6.07, 6.45) is 0. The second kappa shape index (κ2) is 8.42. The van der Waals surface area contributed by atoms with Gasteiger partial charge in [0, 0.05) is 17.8 Å². The quantitative estimate of drug-likeness (QED) is 0.774. The van der Waals surface area contributed by atoms with Gasteiger partial charge in [0.1, 0.15) is 5.82 Å². The van der Waals surface area contributed by atoms with Crippen LogP contribution < -0.4 is 10.0 Å². The minimum atomic E-state index is -3.30. The molecule has 0 aliphatic heterocycles. The summed E-state index contributed by atoms with van der Waals surface area (Å²) in [4.78, 5) is 12.1. The number of hydrogen-bond donors (Lipinski definition) is 2. The van der Waals surface area contributed by atoms with E-state index < -0.39 is 27.0 Å². The SMILES string of the molecule is CC(CNS(=O)(=O)C(C)C)c1ccc(NC(=O)c2cccc(F)c2)cc1. The predicted octanol–water partition coefficient (Wildman–Crippen LogP) is 3.51. The monoisotopic (exact) mass is 378 g/mol. The number of amides is 1. The lowest BCUT2D eigenvalue weighted by Crippen LogP contribution is -2.33. The number of hydrogen-bond acceptors (Lipinski definition) is 3. The second-order valence-electron chi connectivity index (χ2n) is 6.43. The van der Waals surface area contributed by atoms with Crippen LogP contribution in [0.2, 0.25) is 0 Å². The highest BCUT2D eigenvalue weighted by Crippen LogP contribution is 2.18. The Morgan fingerprint density at radius 3 is 2.31 bits per heavy atom. The molecule has 2 aromatic rings. The number of carbonyl (C=O) groups excluding carboxylic acids is 1. The van der Waals surface area contributed by atoms with Gasteiger partial charge in [-0.15, -0.1) is 0 Å². The Bertz CT molecular complexity index is 865. The maximum atomic E-state index is 13.2. The lowest BCUT2D eigenvalue weighted by molar-refractivity contribution is 0.102. The van der Waals surface area contributed by atoms with Gasteiger partial charge in [0.05, 0.1) is 5.25 Å². The Balaban J connectivity index is 1.98. The maximum Gasteiger partial charge on any atom is 0.255 e. The molecule has 0 saturated carbocycles. The average Bonchev–Trinajstić information content (AvgIpc) is 2.60. The minimum absolute atomic E-state index is 0.0171. The van der Waals surface area contributed by atoms with Crippen LogP contribution in [-0.2, 0) is 10.0 Å². The van der Waals surface area contributed by atoms with Crippen molar-refractivity contribution in [2.75, 3.05) is 11.9 Å². The molecule has 7 heteroatoms. The van der Waals surface area contributed by atoms with E-state index in [0.29, 0.717) is 12.2 Å². The molecule has 0 bridgehead atoms. The van der Waals surface area contributed by atoms with E-state index in [-0.39, 0.29) is 11.5 Å². The van der Waals surface area contributed by atoms with E-state index >= 15 is 0 Å². The number of rotatable bonds is 7. The third-order valence-electron chi connectivity index (χ3n) is 4.04. The summed E-state index contributed by atoms with van der Waals surface area (Å²) < 4.78 is 39.4. The molecule has 5 nitrogen and oxygen atoms in total. The highest BCUT2D eigenvalue weighted by atomic mass is 32.2. The van der Waals surface area contributed by atoms with Gasteiger partial charge in [-0.05, 0) is 55.7 Å². The van der Waals surface area contributed by atoms with Crippen LogP contribution in [0.5, 0.6) is 0 Å². The lowest BCUT2D eigenvalue weighted by Gasteiger charge is -2.15. The molecule has 2 N–H and O–H groups in total. The summed E-state index contributed by atoms with van der Waals surface area (Å²) in [5.74, 6) is -0.878. The zero-order chi connectivity index (χ0) is 19.3. The fraction of sp³-hybridized carbons (Fsp3) is 0.316. The Hall–Kier alpha value is -2.25. The number of halogens is 1. The van der Waals surface area contributed by atoms with Crippen molar-refractivity contribution in [2.24, 2.45) is 0 Å². The van der Waals surface area contributed by atoms with Crippen LogP contribution in [0.1, 0.15) is 42.6 Å². The summed E-state index contributed by atoms with van der Waals surface area (Å²) in [6.45, 7) is 5.48. The van der Waals surface area contributed by atoms with Gasteiger partial charge in [0.2, 0.25) is 10.0 Å². The normalized spacial score (nSPS) is 12.8. The van der Waals surface area contributed by atoms with Crippen molar-refractivity contribution in [3.05, 3.63) is 65.5 Å². The highest BCUT2D eigenvalue weighted by molar-refractivity contribution is 7.90. The fourth-order valence-corrected chi connectivity index (χ4v) is 3.07. The molecular formula is C19H23FN2O3S. The minimum Gasteiger partial charge on any atom is -0.322 e. The van der Waals surface area contributed by atoms with Crippen molar-refractivity contribution in [3.8, 4) is 0 Å². The third-order valence-corrected chi connectivity index (χ3v) is 5.85. The Morgan fingerprint density at radius 1 is 1.08 bits per heavy atom. The van der Waals surface area contributed by atoms with Crippen LogP contribution in [0.15, 0.2) is 48.5 Å². The van der Waals surface area contributed by atoms with Gasteiger partial charge < -0.3 is 5.32 Å². The van der Waals surface area contributed by atoms with Crippen LogP contribution in [0.25, 0.3) is 0 Å². The topological polar surface area (TPSA) is 75.3 Å². The van der Waals surface area contributed by atoms with Crippen molar-refractivity contribution in [2.45, 2.75) is 31.9 Å². The third kappa shape index (κ3) is 5.37. The van der Waals surface area contributed by atoms with Gasteiger partial charge in [-0.2, -0.15) is 0 Å². The summed E-state index contributed by atoms with van der Waals surface area (Å²) in [5, 5.41) is 2.23. The van der Waals surface area contributed by atoms with Gasteiger partial charge >= 0.3 is 0 Å². The number of carbonyl (C=O) groups is 1. The molecule has 0 aliphatic carbocycles. The molecule has 0 spiro atoms. The van der Waals surface area contributed by atoms with Crippen molar-refractivity contribution >= 4 is 21.6 Å². The highest BCUT2D eigenvalue weighted by Gasteiger charge is 2.17. The first-order valence-electron chi connectivity index (χ1n) is 8.34. The molecule has 0 saturated heterocycles. The summed E-state index contributed by atoms with van der Waals surface area (Å²) in [6, 6.07) is 12.6. The molecule has 0 fully saturated rings. The molecule has 1 atom stereocenters. The summed E-state index contributed by atoms with van der Waals surface area (Å²) in [7, 11) is -3.30. The molecule has 1 unspecified atom stereocenters. The van der Waals surface area contributed by atoms with Crippen molar-refractivity contribution in [3.63, 3.8) is 0 Å². The second-order valence-corrected chi connectivity index (χ2v) is 8.75. The number of benzene rings is 2. The van der Waals surface area contributed by atoms with Gasteiger partial charge in [0.15, 0.2) is 0 Å². The predicted molar refractivity (Wildman–Crippen MR) is 101 cm³/mol. The Labute approximate surface area is 153 Å². The van der Waals surface area contributed by atoms with E-state index in [2.05, 4.69) is 10.0 Å². The van der Waals surface area contributed by atoms with Crippen LogP contribution in [-0.4, -0.2) is 26.1 Å². The fourth-order valence-electron chi connectivity index (χ4n) is 2.25. The number of anilines is 1. The van der Waals surface area contributed by atoms with E-state index in [1.807, 2.05) is 19.1 Å². The molecule has 0 aromatic heterocycles. The molecule has 2 aromatic carbocycles. The Kier molecular flexibility index (Phi) is 6.50. The van der Waals surface area contributed by atoms with E-state index in [0.717, 1.165) is 5.56 Å². The Morgan fingerprint density at radius 2 is 1.73 bits per heavy atom. The van der Waals surface area contributed by atoms with Crippen molar-refractivity contribution in [1.29, 1.82) is 0 Å².